The van der Waals surface area contributed by atoms with E-state index in [1.165, 1.54) is 0 Å². The third kappa shape index (κ3) is 2.25. The van der Waals surface area contributed by atoms with Crippen molar-refractivity contribution < 1.29 is 4.57 Å². The molecule has 0 aromatic carbocycles. The highest BCUT2D eigenvalue weighted by Gasteiger charge is 2.04. The van der Waals surface area contributed by atoms with E-state index in [0.29, 0.717) is 0 Å². The predicted octanol–water partition coefficient (Wildman–Crippen LogP) is 0.180. The van der Waals surface area contributed by atoms with Crippen LogP contribution >= 0.6 is 0 Å². The summed E-state index contributed by atoms with van der Waals surface area (Å²) in [5.74, 6) is 0. The summed E-state index contributed by atoms with van der Waals surface area (Å²) in [5.41, 5.74) is 0. The summed E-state index contributed by atoms with van der Waals surface area (Å²) in [7, 11) is 0. The molecular weight excluding hydrogens is 216 g/mol. The van der Waals surface area contributed by atoms with Gasteiger partial charge in [-0.25, -0.2) is 18.5 Å². The predicted molar refractivity (Wildman–Crippen MR) is 59.9 cm³/mol. The molecule has 0 unspecified atom stereocenters. The van der Waals surface area contributed by atoms with Crippen LogP contribution < -0.4 is 4.57 Å². The molecule has 17 heavy (non-hydrogen) atoms. The zero-order valence-corrected chi connectivity index (χ0v) is 9.29. The van der Waals surface area contributed by atoms with Crippen molar-refractivity contribution >= 4 is 0 Å². The minimum atomic E-state index is 0.721. The molecule has 0 bridgehead atoms. The second-order valence-electron chi connectivity index (χ2n) is 3.82. The molecule has 6 heteroatoms. The quantitative estimate of drug-likeness (QED) is 0.599. The topological polar surface area (TPSA) is 44.5 Å². The molecule has 3 aromatic rings. The summed E-state index contributed by atoms with van der Waals surface area (Å²) in [6.45, 7) is 1.44. The van der Waals surface area contributed by atoms with E-state index in [2.05, 4.69) is 19.3 Å². The average Bonchev–Trinajstić information content (AvgIpc) is 3.02. The maximum atomic E-state index is 4.17. The summed E-state index contributed by atoms with van der Waals surface area (Å²) in [4.78, 5) is 0. The van der Waals surface area contributed by atoms with E-state index >= 15 is 0 Å². The van der Waals surface area contributed by atoms with Crippen molar-refractivity contribution in [3.8, 4) is 0 Å². The van der Waals surface area contributed by atoms with Crippen molar-refractivity contribution in [2.75, 3.05) is 0 Å². The van der Waals surface area contributed by atoms with Crippen molar-refractivity contribution in [2.24, 2.45) is 0 Å². The van der Waals surface area contributed by atoms with Gasteiger partial charge in [-0.1, -0.05) is 0 Å². The van der Waals surface area contributed by atoms with Crippen LogP contribution in [0.1, 0.15) is 0 Å². The zero-order valence-electron chi connectivity index (χ0n) is 9.29. The van der Waals surface area contributed by atoms with Gasteiger partial charge in [0.2, 0.25) is 6.33 Å². The Morgan fingerprint density at radius 1 is 0.941 bits per heavy atom. The van der Waals surface area contributed by atoms with Crippen molar-refractivity contribution in [1.82, 2.24) is 24.1 Å². The van der Waals surface area contributed by atoms with E-state index in [1.807, 2.05) is 52.6 Å². The van der Waals surface area contributed by atoms with E-state index in [1.54, 1.807) is 12.4 Å². The van der Waals surface area contributed by atoms with E-state index in [0.717, 1.165) is 13.3 Å². The Morgan fingerprint density at radius 3 is 2.41 bits per heavy atom. The van der Waals surface area contributed by atoms with E-state index in [9.17, 15) is 0 Å². The Bertz CT molecular complexity index is 512. The van der Waals surface area contributed by atoms with Crippen LogP contribution in [0.2, 0.25) is 0 Å². The molecule has 0 amide bonds. The fourth-order valence-corrected chi connectivity index (χ4v) is 1.71. The molecule has 0 aliphatic carbocycles. The second kappa shape index (κ2) is 4.25. The third-order valence-corrected chi connectivity index (χ3v) is 2.48. The highest BCUT2D eigenvalue weighted by molar-refractivity contribution is 4.79. The van der Waals surface area contributed by atoms with Gasteiger partial charge < -0.3 is 0 Å². The Morgan fingerprint density at radius 2 is 1.71 bits per heavy atom. The summed E-state index contributed by atoms with van der Waals surface area (Å²) in [6.07, 6.45) is 13.5. The molecule has 3 rings (SSSR count). The molecule has 0 spiro atoms. The lowest BCUT2D eigenvalue weighted by molar-refractivity contribution is -0.702. The van der Waals surface area contributed by atoms with E-state index in [-0.39, 0.29) is 0 Å². The van der Waals surface area contributed by atoms with Crippen LogP contribution in [-0.2, 0) is 13.3 Å². The highest BCUT2D eigenvalue weighted by Crippen LogP contribution is 1.89. The largest absolute Gasteiger partial charge is 0.246 e. The molecule has 0 fully saturated rings. The van der Waals surface area contributed by atoms with Gasteiger partial charge in [0.15, 0.2) is 13.3 Å². The number of rotatable bonds is 4. The van der Waals surface area contributed by atoms with Crippen LogP contribution in [0, 0.1) is 0 Å². The molecule has 0 saturated heterocycles. The minimum Gasteiger partial charge on any atom is -0.233 e. The average molecular weight is 229 g/mol. The fourth-order valence-electron chi connectivity index (χ4n) is 1.71. The van der Waals surface area contributed by atoms with Crippen molar-refractivity contribution in [1.29, 1.82) is 0 Å². The zero-order chi connectivity index (χ0) is 11.5. The molecule has 0 radical (unpaired) electrons. The summed E-state index contributed by atoms with van der Waals surface area (Å²) < 4.78 is 7.88. The number of aromatic nitrogens is 6. The molecule has 6 nitrogen and oxygen atoms in total. The van der Waals surface area contributed by atoms with Gasteiger partial charge in [0.25, 0.3) is 0 Å². The molecule has 3 heterocycles. The van der Waals surface area contributed by atoms with Crippen LogP contribution in [0.5, 0.6) is 0 Å². The van der Waals surface area contributed by atoms with Crippen molar-refractivity contribution in [3.05, 3.63) is 55.6 Å². The van der Waals surface area contributed by atoms with Crippen LogP contribution in [0.3, 0.4) is 0 Å². The first-order valence-corrected chi connectivity index (χ1v) is 5.40. The minimum absolute atomic E-state index is 0.721. The third-order valence-electron chi connectivity index (χ3n) is 2.48. The second-order valence-corrected chi connectivity index (χ2v) is 3.82. The normalized spacial score (nSPS) is 10.8. The van der Waals surface area contributed by atoms with Crippen LogP contribution in [0.25, 0.3) is 0 Å². The lowest BCUT2D eigenvalue weighted by Gasteiger charge is -1.97. The van der Waals surface area contributed by atoms with Crippen molar-refractivity contribution in [2.45, 2.75) is 13.3 Å². The van der Waals surface area contributed by atoms with E-state index < -0.39 is 0 Å². The molecule has 0 aliphatic heterocycles. The first-order chi connectivity index (χ1) is 8.40. The van der Waals surface area contributed by atoms with Gasteiger partial charge in [0.05, 0.1) is 0 Å². The number of hydrogen-bond donors (Lipinski definition) is 0. The number of hydrogen-bond acceptors (Lipinski definition) is 2. The van der Waals surface area contributed by atoms with Gasteiger partial charge in [-0.2, -0.15) is 10.2 Å². The van der Waals surface area contributed by atoms with Crippen LogP contribution in [-0.4, -0.2) is 24.1 Å². The summed E-state index contributed by atoms with van der Waals surface area (Å²) >= 11 is 0. The Hall–Kier alpha value is -2.37. The SMILES string of the molecule is c1cnn(Cn2cc[n+](Cn3cccn3)c2)c1. The maximum absolute atomic E-state index is 4.17. The van der Waals surface area contributed by atoms with Gasteiger partial charge in [0, 0.05) is 24.8 Å². The van der Waals surface area contributed by atoms with Gasteiger partial charge >= 0.3 is 0 Å². The van der Waals surface area contributed by atoms with Crippen LogP contribution in [0.15, 0.2) is 55.6 Å². The molecule has 0 aliphatic rings. The first kappa shape index (κ1) is 9.83. The molecule has 0 N–H and O–H groups in total. The Balaban J connectivity index is 1.70. The molecule has 0 atom stereocenters. The summed E-state index contributed by atoms with van der Waals surface area (Å²) in [5, 5.41) is 8.33. The smallest absolute Gasteiger partial charge is 0.233 e. The lowest BCUT2D eigenvalue weighted by atomic mass is 10.7. The standard InChI is InChI=1S/C11H13N6/c1-3-12-16(5-1)10-14-7-8-15(9-14)11-17-6-2-4-13-17/h1-9H,10-11H2/q+1. The number of nitrogens with zero attached hydrogens (tertiary/aromatic N) is 6. The monoisotopic (exact) mass is 229 g/mol. The maximum Gasteiger partial charge on any atom is 0.246 e. The Kier molecular flexibility index (Phi) is 2.45. The molecule has 86 valence electrons. The van der Waals surface area contributed by atoms with Gasteiger partial charge in [0.1, 0.15) is 12.4 Å². The fraction of sp³-hybridized carbons (Fsp3) is 0.182. The van der Waals surface area contributed by atoms with Crippen molar-refractivity contribution in [3.63, 3.8) is 0 Å². The Labute approximate surface area is 98.3 Å². The van der Waals surface area contributed by atoms with Gasteiger partial charge in [-0.15, -0.1) is 0 Å². The molecule has 3 aromatic heterocycles. The van der Waals surface area contributed by atoms with Gasteiger partial charge in [-0.3, -0.25) is 0 Å². The molecular formula is C11H13N6+. The summed E-state index contributed by atoms with van der Waals surface area (Å²) in [6, 6.07) is 3.84. The number of imidazole rings is 1. The van der Waals surface area contributed by atoms with Gasteiger partial charge in [-0.05, 0) is 12.1 Å². The van der Waals surface area contributed by atoms with Crippen LogP contribution in [0.4, 0.5) is 0 Å². The molecule has 0 saturated carbocycles. The highest BCUT2D eigenvalue weighted by atomic mass is 15.4. The lowest BCUT2D eigenvalue weighted by Crippen LogP contribution is -2.35. The van der Waals surface area contributed by atoms with E-state index in [4.69, 9.17) is 0 Å². The first-order valence-electron chi connectivity index (χ1n) is 5.40.